The van der Waals surface area contributed by atoms with Gasteiger partial charge in [0, 0.05) is 12.8 Å². The maximum atomic E-state index is 12.4. The molecule has 0 aromatic rings. The molecule has 1 rings (SSSR count). The van der Waals surface area contributed by atoms with Crippen LogP contribution >= 0.6 is 7.82 Å². The highest BCUT2D eigenvalue weighted by Gasteiger charge is 2.36. The molecule has 1 aliphatic rings. The van der Waals surface area contributed by atoms with Crippen molar-refractivity contribution in [3.05, 3.63) is 36.5 Å². The highest BCUT2D eigenvalue weighted by atomic mass is 31.2. The van der Waals surface area contributed by atoms with Gasteiger partial charge in [-0.25, -0.2) is 4.57 Å². The number of carbonyl (C=O) groups is 2. The van der Waals surface area contributed by atoms with Crippen LogP contribution in [-0.4, -0.2) is 53.3 Å². The molecule has 1 saturated heterocycles. The maximum absolute atomic E-state index is 12.4. The minimum atomic E-state index is -4.76. The highest BCUT2D eigenvalue weighted by molar-refractivity contribution is 7.46. The number of phosphoric ester groups is 1. The zero-order valence-electron chi connectivity index (χ0n) is 30.8. The molecule has 284 valence electrons. The van der Waals surface area contributed by atoms with Crippen LogP contribution in [0, 0.1) is 0 Å². The van der Waals surface area contributed by atoms with Crippen molar-refractivity contribution in [2.24, 2.45) is 0 Å². The summed E-state index contributed by atoms with van der Waals surface area (Å²) in [6.07, 6.45) is 37.5. The minimum Gasteiger partial charge on any atom is -0.462 e. The first-order valence-corrected chi connectivity index (χ1v) is 20.9. The van der Waals surface area contributed by atoms with Crippen LogP contribution < -0.4 is 0 Å². The second-order valence-corrected chi connectivity index (χ2v) is 14.5. The topological polar surface area (TPSA) is 132 Å². The molecular formula is C39H69O9P. The first-order chi connectivity index (χ1) is 23.7. The van der Waals surface area contributed by atoms with E-state index in [9.17, 15) is 14.2 Å². The summed E-state index contributed by atoms with van der Waals surface area (Å²) in [7, 11) is -4.76. The molecule has 0 bridgehead atoms. The first kappa shape index (κ1) is 45.3. The van der Waals surface area contributed by atoms with E-state index in [1.54, 1.807) is 0 Å². The largest absolute Gasteiger partial charge is 0.469 e. The van der Waals surface area contributed by atoms with Gasteiger partial charge in [0.25, 0.3) is 0 Å². The van der Waals surface area contributed by atoms with Crippen molar-refractivity contribution in [3.8, 4) is 0 Å². The number of hydrogen-bond acceptors (Lipinski definition) is 7. The van der Waals surface area contributed by atoms with Crippen molar-refractivity contribution >= 4 is 19.8 Å². The summed E-state index contributed by atoms with van der Waals surface area (Å²) in [6, 6.07) is 0. The third-order valence-electron chi connectivity index (χ3n) is 8.56. The summed E-state index contributed by atoms with van der Waals surface area (Å²) in [5, 5.41) is 0. The molecular weight excluding hydrogens is 643 g/mol. The van der Waals surface area contributed by atoms with Gasteiger partial charge < -0.3 is 24.0 Å². The summed E-state index contributed by atoms with van der Waals surface area (Å²) >= 11 is 0. The Balaban J connectivity index is 2.10. The molecule has 49 heavy (non-hydrogen) atoms. The third kappa shape index (κ3) is 30.8. The molecule has 0 aromatic carbocycles. The van der Waals surface area contributed by atoms with E-state index in [2.05, 4.69) is 54.8 Å². The normalized spacial score (nSPS) is 17.0. The minimum absolute atomic E-state index is 0.188. The Morgan fingerprint density at radius 1 is 0.653 bits per heavy atom. The van der Waals surface area contributed by atoms with Crippen LogP contribution in [0.4, 0.5) is 0 Å². The molecule has 1 fully saturated rings. The molecule has 1 heterocycles. The van der Waals surface area contributed by atoms with Gasteiger partial charge in [0.15, 0.2) is 6.10 Å². The number of epoxide rings is 1. The zero-order valence-corrected chi connectivity index (χ0v) is 31.7. The smallest absolute Gasteiger partial charge is 0.462 e. The number of phosphoric acid groups is 1. The van der Waals surface area contributed by atoms with E-state index in [0.29, 0.717) is 25.0 Å². The van der Waals surface area contributed by atoms with Gasteiger partial charge in [-0.1, -0.05) is 121 Å². The molecule has 2 unspecified atom stereocenters. The number of carbonyl (C=O) groups excluding carboxylic acids is 2. The number of rotatable bonds is 34. The van der Waals surface area contributed by atoms with Gasteiger partial charge in [-0.15, -0.1) is 0 Å². The summed E-state index contributed by atoms with van der Waals surface area (Å²) in [5.41, 5.74) is 0. The van der Waals surface area contributed by atoms with Crippen molar-refractivity contribution in [2.75, 3.05) is 13.2 Å². The number of ether oxygens (including phenoxy) is 3. The molecule has 0 radical (unpaired) electrons. The summed E-state index contributed by atoms with van der Waals surface area (Å²) in [4.78, 5) is 42.7. The van der Waals surface area contributed by atoms with E-state index in [1.165, 1.54) is 51.4 Å². The predicted molar refractivity (Wildman–Crippen MR) is 197 cm³/mol. The van der Waals surface area contributed by atoms with Crippen molar-refractivity contribution in [1.82, 2.24) is 0 Å². The number of unbranched alkanes of at least 4 members (excludes halogenated alkanes) is 15. The van der Waals surface area contributed by atoms with Gasteiger partial charge in [0.05, 0.1) is 18.8 Å². The van der Waals surface area contributed by atoms with Gasteiger partial charge in [-0.2, -0.15) is 0 Å². The summed E-state index contributed by atoms with van der Waals surface area (Å²) in [6.45, 7) is 3.59. The number of allylic oxidation sites excluding steroid dienone is 5. The van der Waals surface area contributed by atoms with Crippen LogP contribution in [0.1, 0.15) is 168 Å². The predicted octanol–water partition coefficient (Wildman–Crippen LogP) is 10.4. The van der Waals surface area contributed by atoms with Crippen molar-refractivity contribution in [1.29, 1.82) is 0 Å². The average Bonchev–Trinajstić information content (AvgIpc) is 3.82. The molecule has 0 spiro atoms. The molecule has 0 aliphatic carbocycles. The molecule has 3 atom stereocenters. The molecule has 9 nitrogen and oxygen atoms in total. The Bertz CT molecular complexity index is 958. The zero-order chi connectivity index (χ0) is 35.8. The fraction of sp³-hybridized carbons (Fsp3) is 0.795. The van der Waals surface area contributed by atoms with Gasteiger partial charge in [0.1, 0.15) is 6.61 Å². The average molecular weight is 713 g/mol. The SMILES string of the molecule is CCCCC/C=C\C/C=C\CCCCCCCC(=O)OC[C@H](COP(=O)(O)O)OC(=O)CCCCCCC/C=C\CC1OC1CCCCC. The standard InChI is InChI=1S/C39H69O9P/c1-3-5-7-8-9-10-11-12-13-14-15-16-20-23-27-31-38(40)45-33-35(34-46-49(42,43)44)47-39(41)32-28-24-21-18-17-19-22-26-30-37-36(48-37)29-25-6-4-2/h9-10,12-13,22,26,35-37H,3-8,11,14-21,23-25,27-34H2,1-2H3,(H2,42,43,44)/b10-9-,13-12-,26-22-/t35-,36?,37?/m1/s1. The van der Waals surface area contributed by atoms with Crippen LogP contribution in [0.3, 0.4) is 0 Å². The van der Waals surface area contributed by atoms with Gasteiger partial charge in [-0.3, -0.25) is 14.1 Å². The molecule has 0 aromatic heterocycles. The van der Waals surface area contributed by atoms with E-state index < -0.39 is 32.5 Å². The van der Waals surface area contributed by atoms with Crippen molar-refractivity contribution < 1.29 is 42.7 Å². The van der Waals surface area contributed by atoms with Crippen LogP contribution in [0.15, 0.2) is 36.5 Å². The lowest BCUT2D eigenvalue weighted by Crippen LogP contribution is -2.29. The molecule has 0 saturated carbocycles. The summed E-state index contributed by atoms with van der Waals surface area (Å²) in [5.74, 6) is -0.924. The Kier molecular flexibility index (Phi) is 28.6. The maximum Gasteiger partial charge on any atom is 0.469 e. The quantitative estimate of drug-likeness (QED) is 0.0220. The van der Waals surface area contributed by atoms with Crippen LogP contribution in [0.5, 0.6) is 0 Å². The monoisotopic (exact) mass is 712 g/mol. The molecule has 10 heteroatoms. The van der Waals surface area contributed by atoms with E-state index in [4.69, 9.17) is 24.0 Å². The first-order valence-electron chi connectivity index (χ1n) is 19.4. The van der Waals surface area contributed by atoms with E-state index in [0.717, 1.165) is 77.0 Å². The number of esters is 2. The molecule has 1 aliphatic heterocycles. The lowest BCUT2D eigenvalue weighted by atomic mass is 10.1. The van der Waals surface area contributed by atoms with Crippen LogP contribution in [-0.2, 0) is 32.9 Å². The van der Waals surface area contributed by atoms with E-state index in [1.807, 2.05) is 0 Å². The van der Waals surface area contributed by atoms with Crippen LogP contribution in [0.25, 0.3) is 0 Å². The Morgan fingerprint density at radius 2 is 1.18 bits per heavy atom. The Labute approximate surface area is 297 Å². The number of hydrogen-bond donors (Lipinski definition) is 2. The fourth-order valence-corrected chi connectivity index (χ4v) is 5.89. The second-order valence-electron chi connectivity index (χ2n) is 13.3. The molecule has 0 amide bonds. The Hall–Kier alpha value is -1.77. The van der Waals surface area contributed by atoms with Crippen molar-refractivity contribution in [3.63, 3.8) is 0 Å². The van der Waals surface area contributed by atoms with Crippen molar-refractivity contribution in [2.45, 2.75) is 186 Å². The van der Waals surface area contributed by atoms with E-state index in [-0.39, 0.29) is 19.4 Å². The van der Waals surface area contributed by atoms with Gasteiger partial charge >= 0.3 is 19.8 Å². The second kappa shape index (κ2) is 31.0. The lowest BCUT2D eigenvalue weighted by molar-refractivity contribution is -0.161. The lowest BCUT2D eigenvalue weighted by Gasteiger charge is -2.18. The third-order valence-corrected chi connectivity index (χ3v) is 9.04. The van der Waals surface area contributed by atoms with Gasteiger partial charge in [0.2, 0.25) is 0 Å². The molecule has 2 N–H and O–H groups in total. The highest BCUT2D eigenvalue weighted by Crippen LogP contribution is 2.36. The Morgan fingerprint density at radius 3 is 1.80 bits per heavy atom. The van der Waals surface area contributed by atoms with E-state index >= 15 is 0 Å². The van der Waals surface area contributed by atoms with Gasteiger partial charge in [-0.05, 0) is 70.6 Å². The fourth-order valence-electron chi connectivity index (χ4n) is 5.53. The summed E-state index contributed by atoms with van der Waals surface area (Å²) < 4.78 is 32.0. The van der Waals surface area contributed by atoms with Crippen LogP contribution in [0.2, 0.25) is 0 Å².